The summed E-state index contributed by atoms with van der Waals surface area (Å²) in [5.74, 6) is -0.598. The van der Waals surface area contributed by atoms with Gasteiger partial charge in [-0.25, -0.2) is 4.39 Å². The fourth-order valence-corrected chi connectivity index (χ4v) is 2.63. The number of halogens is 1. The van der Waals surface area contributed by atoms with E-state index in [0.717, 1.165) is 12.0 Å². The van der Waals surface area contributed by atoms with Gasteiger partial charge in [0, 0.05) is 12.6 Å². The first kappa shape index (κ1) is 13.4. The van der Waals surface area contributed by atoms with Crippen molar-refractivity contribution in [3.63, 3.8) is 0 Å². The average Bonchev–Trinajstić information content (AvgIpc) is 2.92. The number of hydrogen-bond donors (Lipinski definition) is 1. The predicted molar refractivity (Wildman–Crippen MR) is 79.2 cm³/mol. The molecule has 108 valence electrons. The minimum absolute atomic E-state index is 0.0203. The van der Waals surface area contributed by atoms with Gasteiger partial charge in [0.05, 0.1) is 24.0 Å². The number of hydrogen-bond acceptors (Lipinski definition) is 3. The summed E-state index contributed by atoms with van der Waals surface area (Å²) in [5, 5.41) is 0. The standard InChI is InChI=1S/C16H15FN2O2/c1-21-11-5-6-12(13(17)9-11)16(20)19-8-7-10-3-2-4-14(18)15(10)19/h2-6,9H,7-8,18H2,1H3. The zero-order valence-corrected chi connectivity index (χ0v) is 11.6. The van der Waals surface area contributed by atoms with Crippen molar-refractivity contribution in [2.45, 2.75) is 6.42 Å². The first-order valence-corrected chi connectivity index (χ1v) is 6.64. The topological polar surface area (TPSA) is 55.6 Å². The second-order valence-corrected chi connectivity index (χ2v) is 4.91. The lowest BCUT2D eigenvalue weighted by molar-refractivity contribution is 0.0985. The molecule has 1 aliphatic rings. The van der Waals surface area contributed by atoms with Crippen LogP contribution in [0.1, 0.15) is 15.9 Å². The van der Waals surface area contributed by atoms with Gasteiger partial charge in [-0.15, -0.1) is 0 Å². The third kappa shape index (κ3) is 2.20. The molecule has 0 atom stereocenters. The summed E-state index contributed by atoms with van der Waals surface area (Å²) in [5.41, 5.74) is 8.21. The van der Waals surface area contributed by atoms with Crippen LogP contribution in [-0.2, 0) is 6.42 Å². The summed E-state index contributed by atoms with van der Waals surface area (Å²) in [4.78, 5) is 14.1. The molecule has 0 bridgehead atoms. The highest BCUT2D eigenvalue weighted by molar-refractivity contribution is 6.09. The minimum atomic E-state index is -0.595. The molecule has 2 aromatic carbocycles. The number of carbonyl (C=O) groups excluding carboxylic acids is 1. The minimum Gasteiger partial charge on any atom is -0.497 e. The van der Waals surface area contributed by atoms with E-state index in [2.05, 4.69) is 0 Å². The largest absolute Gasteiger partial charge is 0.497 e. The van der Waals surface area contributed by atoms with Crippen LogP contribution in [0.2, 0.25) is 0 Å². The van der Waals surface area contributed by atoms with Gasteiger partial charge in [0.2, 0.25) is 0 Å². The van der Waals surface area contributed by atoms with Crippen molar-refractivity contribution in [1.29, 1.82) is 0 Å². The molecular weight excluding hydrogens is 271 g/mol. The molecule has 0 unspecified atom stereocenters. The van der Waals surface area contributed by atoms with E-state index in [1.54, 1.807) is 12.1 Å². The van der Waals surface area contributed by atoms with E-state index in [0.29, 0.717) is 23.7 Å². The van der Waals surface area contributed by atoms with Gasteiger partial charge in [-0.1, -0.05) is 12.1 Å². The van der Waals surface area contributed by atoms with E-state index in [1.165, 1.54) is 24.1 Å². The van der Waals surface area contributed by atoms with Gasteiger partial charge in [0.15, 0.2) is 0 Å². The lowest BCUT2D eigenvalue weighted by Crippen LogP contribution is -2.30. The molecule has 1 amide bonds. The molecule has 0 radical (unpaired) electrons. The van der Waals surface area contributed by atoms with Crippen LogP contribution >= 0.6 is 0 Å². The Bertz CT molecular complexity index is 715. The Hall–Kier alpha value is -2.56. The van der Waals surface area contributed by atoms with Gasteiger partial charge in [0.25, 0.3) is 5.91 Å². The van der Waals surface area contributed by atoms with E-state index >= 15 is 0 Å². The summed E-state index contributed by atoms with van der Waals surface area (Å²) < 4.78 is 19.0. The van der Waals surface area contributed by atoms with Crippen LogP contribution in [0.3, 0.4) is 0 Å². The number of fused-ring (bicyclic) bond motifs is 1. The molecule has 5 heteroatoms. The molecule has 3 rings (SSSR count). The Morgan fingerprint density at radius 3 is 2.86 bits per heavy atom. The van der Waals surface area contributed by atoms with Crippen LogP contribution in [0.25, 0.3) is 0 Å². The second kappa shape index (κ2) is 5.09. The number of rotatable bonds is 2. The van der Waals surface area contributed by atoms with Crippen LogP contribution in [0.15, 0.2) is 36.4 Å². The summed E-state index contributed by atoms with van der Waals surface area (Å²) in [7, 11) is 1.45. The summed E-state index contributed by atoms with van der Waals surface area (Å²) >= 11 is 0. The van der Waals surface area contributed by atoms with Crippen molar-refractivity contribution < 1.29 is 13.9 Å². The number of anilines is 2. The molecule has 0 saturated heterocycles. The lowest BCUT2D eigenvalue weighted by Gasteiger charge is -2.19. The molecule has 2 aromatic rings. The lowest BCUT2D eigenvalue weighted by atomic mass is 10.1. The molecule has 0 saturated carbocycles. The normalized spacial score (nSPS) is 13.1. The van der Waals surface area contributed by atoms with Gasteiger partial charge in [0.1, 0.15) is 11.6 Å². The second-order valence-electron chi connectivity index (χ2n) is 4.91. The molecule has 0 aliphatic carbocycles. The molecule has 0 fully saturated rings. The quantitative estimate of drug-likeness (QED) is 0.863. The molecule has 2 N–H and O–H groups in total. The molecule has 1 aliphatic heterocycles. The maximum absolute atomic E-state index is 14.1. The fourth-order valence-electron chi connectivity index (χ4n) is 2.63. The van der Waals surface area contributed by atoms with Crippen molar-refractivity contribution in [2.24, 2.45) is 0 Å². The number of nitrogen functional groups attached to an aromatic ring is 1. The van der Waals surface area contributed by atoms with E-state index in [1.807, 2.05) is 12.1 Å². The third-order valence-corrected chi connectivity index (χ3v) is 3.68. The summed E-state index contributed by atoms with van der Waals surface area (Å²) in [6, 6.07) is 9.75. The third-order valence-electron chi connectivity index (χ3n) is 3.68. The van der Waals surface area contributed by atoms with E-state index < -0.39 is 5.82 Å². The molecular formula is C16H15FN2O2. The van der Waals surface area contributed by atoms with Crippen molar-refractivity contribution in [1.82, 2.24) is 0 Å². The number of benzene rings is 2. The number of amides is 1. The van der Waals surface area contributed by atoms with Crippen LogP contribution < -0.4 is 15.4 Å². The fraction of sp³-hybridized carbons (Fsp3) is 0.188. The van der Waals surface area contributed by atoms with Crippen molar-refractivity contribution in [2.75, 3.05) is 24.3 Å². The van der Waals surface area contributed by atoms with Crippen molar-refractivity contribution >= 4 is 17.3 Å². The highest BCUT2D eigenvalue weighted by atomic mass is 19.1. The van der Waals surface area contributed by atoms with E-state index in [9.17, 15) is 9.18 Å². The number of nitrogens with two attached hydrogens (primary N) is 1. The summed E-state index contributed by atoms with van der Waals surface area (Å²) in [6.07, 6.45) is 0.726. The summed E-state index contributed by atoms with van der Waals surface area (Å²) in [6.45, 7) is 0.508. The highest BCUT2D eigenvalue weighted by Crippen LogP contribution is 2.35. The van der Waals surface area contributed by atoms with Crippen LogP contribution in [-0.4, -0.2) is 19.6 Å². The molecule has 1 heterocycles. The van der Waals surface area contributed by atoms with Gasteiger partial charge < -0.3 is 15.4 Å². The van der Waals surface area contributed by atoms with Crippen molar-refractivity contribution in [3.05, 3.63) is 53.3 Å². The predicted octanol–water partition coefficient (Wildman–Crippen LogP) is 2.62. The number of para-hydroxylation sites is 1. The molecule has 0 spiro atoms. The van der Waals surface area contributed by atoms with Gasteiger partial charge in [-0.2, -0.15) is 0 Å². The Kier molecular flexibility index (Phi) is 3.25. The SMILES string of the molecule is COc1ccc(C(=O)N2CCc3cccc(N)c32)c(F)c1. The van der Waals surface area contributed by atoms with Crippen LogP contribution in [0, 0.1) is 5.82 Å². The Labute approximate surface area is 121 Å². The van der Waals surface area contributed by atoms with E-state index in [4.69, 9.17) is 10.5 Å². The van der Waals surface area contributed by atoms with E-state index in [-0.39, 0.29) is 11.5 Å². The Morgan fingerprint density at radius 1 is 1.33 bits per heavy atom. The Morgan fingerprint density at radius 2 is 2.14 bits per heavy atom. The zero-order valence-electron chi connectivity index (χ0n) is 11.6. The van der Waals surface area contributed by atoms with Gasteiger partial charge >= 0.3 is 0 Å². The number of nitrogens with zero attached hydrogens (tertiary/aromatic N) is 1. The average molecular weight is 286 g/mol. The molecule has 0 aromatic heterocycles. The monoisotopic (exact) mass is 286 g/mol. The molecule has 21 heavy (non-hydrogen) atoms. The first-order valence-electron chi connectivity index (χ1n) is 6.64. The van der Waals surface area contributed by atoms with Gasteiger partial charge in [-0.3, -0.25) is 4.79 Å². The number of carbonyl (C=O) groups is 1. The van der Waals surface area contributed by atoms with Crippen molar-refractivity contribution in [3.8, 4) is 5.75 Å². The maximum atomic E-state index is 14.1. The smallest absolute Gasteiger partial charge is 0.261 e. The number of ether oxygens (including phenoxy) is 1. The van der Waals surface area contributed by atoms with Crippen LogP contribution in [0.4, 0.5) is 15.8 Å². The number of methoxy groups -OCH3 is 1. The first-order chi connectivity index (χ1) is 10.1. The molecule has 4 nitrogen and oxygen atoms in total. The van der Waals surface area contributed by atoms with Crippen LogP contribution in [0.5, 0.6) is 5.75 Å². The van der Waals surface area contributed by atoms with Gasteiger partial charge in [-0.05, 0) is 30.2 Å². The Balaban J connectivity index is 1.99. The zero-order chi connectivity index (χ0) is 15.0. The maximum Gasteiger partial charge on any atom is 0.261 e. The highest BCUT2D eigenvalue weighted by Gasteiger charge is 2.28.